The topological polar surface area (TPSA) is 52.0 Å². The first-order chi connectivity index (χ1) is 5.89. The maximum absolute atomic E-state index is 5.36. The second-order valence-electron chi connectivity index (χ2n) is 2.09. The van der Waals surface area contributed by atoms with Crippen LogP contribution >= 0.6 is 0 Å². The van der Waals surface area contributed by atoms with E-state index in [9.17, 15) is 0 Å². The molecular formula is C9H10N2O. The van der Waals surface area contributed by atoms with E-state index >= 15 is 0 Å². The molecule has 0 radical (unpaired) electrons. The molecule has 0 saturated heterocycles. The molecule has 3 nitrogen and oxygen atoms in total. The molecule has 1 heterocycles. The van der Waals surface area contributed by atoms with Gasteiger partial charge in [-0.15, -0.1) is 0 Å². The Bertz CT molecular complexity index is 261. The minimum atomic E-state index is 0.822. The number of benzene rings is 1. The number of anilines is 1. The van der Waals surface area contributed by atoms with Gasteiger partial charge >= 0.3 is 0 Å². The van der Waals surface area contributed by atoms with Crippen LogP contribution in [-0.2, 0) is 0 Å². The van der Waals surface area contributed by atoms with Crippen LogP contribution in [0.3, 0.4) is 0 Å². The van der Waals surface area contributed by atoms with Gasteiger partial charge in [0.15, 0.2) is 6.39 Å². The Morgan fingerprint density at radius 1 is 1.17 bits per heavy atom. The van der Waals surface area contributed by atoms with Crippen LogP contribution in [0.15, 0.2) is 53.6 Å². The second kappa shape index (κ2) is 4.96. The lowest BCUT2D eigenvalue weighted by atomic mass is 10.3. The second-order valence-corrected chi connectivity index (χ2v) is 2.09. The lowest BCUT2D eigenvalue weighted by Crippen LogP contribution is -1.79. The molecule has 2 aromatic rings. The average Bonchev–Trinajstić information content (AvgIpc) is 2.62. The third-order valence-electron chi connectivity index (χ3n) is 1.15. The summed E-state index contributed by atoms with van der Waals surface area (Å²) in [7, 11) is 0. The number of nitrogens with two attached hydrogens (primary N) is 1. The molecule has 0 saturated carbocycles. The molecule has 2 N–H and O–H groups in total. The number of hydrogen-bond donors (Lipinski definition) is 1. The summed E-state index contributed by atoms with van der Waals surface area (Å²) in [6.45, 7) is 0. The first-order valence-corrected chi connectivity index (χ1v) is 3.52. The normalized spacial score (nSPS) is 8.33. The van der Waals surface area contributed by atoms with E-state index in [2.05, 4.69) is 9.40 Å². The molecule has 0 aliphatic rings. The highest BCUT2D eigenvalue weighted by atomic mass is 16.3. The predicted octanol–water partition coefficient (Wildman–Crippen LogP) is 1.94. The van der Waals surface area contributed by atoms with Gasteiger partial charge in [-0.1, -0.05) is 18.2 Å². The summed E-state index contributed by atoms with van der Waals surface area (Å²) in [5.41, 5.74) is 6.18. The zero-order valence-corrected chi connectivity index (χ0v) is 6.55. The molecule has 0 bridgehead atoms. The maximum Gasteiger partial charge on any atom is 0.180 e. The van der Waals surface area contributed by atoms with Crippen LogP contribution in [-0.4, -0.2) is 4.98 Å². The third kappa shape index (κ3) is 3.41. The van der Waals surface area contributed by atoms with Crippen molar-refractivity contribution in [1.82, 2.24) is 4.98 Å². The van der Waals surface area contributed by atoms with E-state index in [0.717, 1.165) is 5.69 Å². The Labute approximate surface area is 70.8 Å². The molecule has 0 aliphatic carbocycles. The van der Waals surface area contributed by atoms with Crippen molar-refractivity contribution in [3.63, 3.8) is 0 Å². The van der Waals surface area contributed by atoms with Crippen molar-refractivity contribution in [2.24, 2.45) is 0 Å². The average molecular weight is 162 g/mol. The molecule has 2 rings (SSSR count). The highest BCUT2D eigenvalue weighted by Gasteiger charge is 1.72. The van der Waals surface area contributed by atoms with E-state index in [-0.39, 0.29) is 0 Å². The van der Waals surface area contributed by atoms with Gasteiger partial charge in [0.2, 0.25) is 0 Å². The Hall–Kier alpha value is -1.77. The van der Waals surface area contributed by atoms with Crippen molar-refractivity contribution < 1.29 is 4.42 Å². The first kappa shape index (κ1) is 8.33. The molecule has 12 heavy (non-hydrogen) atoms. The van der Waals surface area contributed by atoms with Crippen LogP contribution in [0.2, 0.25) is 0 Å². The quantitative estimate of drug-likeness (QED) is 0.602. The molecule has 62 valence electrons. The van der Waals surface area contributed by atoms with Crippen LogP contribution < -0.4 is 5.73 Å². The summed E-state index contributed by atoms with van der Waals surface area (Å²) >= 11 is 0. The molecule has 1 aromatic heterocycles. The number of hydrogen-bond acceptors (Lipinski definition) is 3. The smallest absolute Gasteiger partial charge is 0.180 e. The van der Waals surface area contributed by atoms with Crippen molar-refractivity contribution >= 4 is 5.69 Å². The fourth-order valence-electron chi connectivity index (χ4n) is 0.629. The molecule has 0 unspecified atom stereocenters. The molecule has 0 spiro atoms. The molecule has 0 fully saturated rings. The van der Waals surface area contributed by atoms with Gasteiger partial charge in [-0.05, 0) is 12.1 Å². The van der Waals surface area contributed by atoms with Crippen molar-refractivity contribution in [3.8, 4) is 0 Å². The molecule has 0 atom stereocenters. The number of nitrogen functional groups attached to an aromatic ring is 1. The Balaban J connectivity index is 0.000000127. The fourth-order valence-corrected chi connectivity index (χ4v) is 0.629. The SMILES string of the molecule is Nc1ccccc1.c1cocn1. The standard InChI is InChI=1S/C6H7N.C3H3NO/c7-6-4-2-1-3-5-6;1-2-5-3-4-1/h1-5H,7H2;1-3H. The molecule has 0 amide bonds. The summed E-state index contributed by atoms with van der Waals surface area (Å²) in [6.07, 6.45) is 4.47. The zero-order chi connectivity index (χ0) is 8.65. The van der Waals surface area contributed by atoms with Gasteiger partial charge in [0, 0.05) is 5.69 Å². The number of rotatable bonds is 0. The van der Waals surface area contributed by atoms with E-state index in [1.165, 1.54) is 12.7 Å². The Morgan fingerprint density at radius 3 is 2.17 bits per heavy atom. The Morgan fingerprint density at radius 2 is 1.92 bits per heavy atom. The Kier molecular flexibility index (Phi) is 3.44. The number of para-hydroxylation sites is 1. The van der Waals surface area contributed by atoms with Crippen molar-refractivity contribution in [2.45, 2.75) is 0 Å². The number of oxazole rings is 1. The summed E-state index contributed by atoms with van der Waals surface area (Å²) in [5.74, 6) is 0. The van der Waals surface area contributed by atoms with Crippen LogP contribution in [0.4, 0.5) is 5.69 Å². The monoisotopic (exact) mass is 162 g/mol. The van der Waals surface area contributed by atoms with Gasteiger partial charge in [0.1, 0.15) is 6.26 Å². The van der Waals surface area contributed by atoms with Gasteiger partial charge in [0.25, 0.3) is 0 Å². The lowest BCUT2D eigenvalue weighted by Gasteiger charge is -1.83. The van der Waals surface area contributed by atoms with E-state index in [0.29, 0.717) is 0 Å². The first-order valence-electron chi connectivity index (χ1n) is 3.52. The van der Waals surface area contributed by atoms with Crippen molar-refractivity contribution in [1.29, 1.82) is 0 Å². The van der Waals surface area contributed by atoms with Gasteiger partial charge in [-0.2, -0.15) is 0 Å². The van der Waals surface area contributed by atoms with Gasteiger partial charge in [0.05, 0.1) is 6.20 Å². The van der Waals surface area contributed by atoms with E-state index in [1.807, 2.05) is 30.3 Å². The highest BCUT2D eigenvalue weighted by Crippen LogP contribution is 1.95. The summed E-state index contributed by atoms with van der Waals surface area (Å²) in [6, 6.07) is 9.49. The largest absolute Gasteiger partial charge is 0.452 e. The molecule has 1 aromatic carbocycles. The van der Waals surface area contributed by atoms with Gasteiger partial charge in [-0.3, -0.25) is 0 Å². The van der Waals surface area contributed by atoms with Crippen molar-refractivity contribution in [3.05, 3.63) is 49.2 Å². The van der Waals surface area contributed by atoms with E-state index in [1.54, 1.807) is 6.20 Å². The summed E-state index contributed by atoms with van der Waals surface area (Å²) in [4.78, 5) is 3.56. The molecule has 3 heteroatoms. The summed E-state index contributed by atoms with van der Waals surface area (Å²) in [5, 5.41) is 0. The zero-order valence-electron chi connectivity index (χ0n) is 6.55. The molecule has 0 aliphatic heterocycles. The highest BCUT2D eigenvalue weighted by molar-refractivity contribution is 5.35. The minimum absolute atomic E-state index is 0.822. The van der Waals surface area contributed by atoms with Crippen LogP contribution in [0.5, 0.6) is 0 Å². The van der Waals surface area contributed by atoms with Crippen LogP contribution in [0.1, 0.15) is 0 Å². The lowest BCUT2D eigenvalue weighted by molar-refractivity contribution is 0.558. The van der Waals surface area contributed by atoms with Crippen molar-refractivity contribution in [2.75, 3.05) is 5.73 Å². The molecular weight excluding hydrogens is 152 g/mol. The van der Waals surface area contributed by atoms with Gasteiger partial charge < -0.3 is 10.2 Å². The minimum Gasteiger partial charge on any atom is -0.452 e. The number of aromatic nitrogens is 1. The van der Waals surface area contributed by atoms with E-state index in [4.69, 9.17) is 5.73 Å². The fraction of sp³-hybridized carbons (Fsp3) is 0. The predicted molar refractivity (Wildman–Crippen MR) is 47.4 cm³/mol. The maximum atomic E-state index is 5.36. The van der Waals surface area contributed by atoms with Gasteiger partial charge in [-0.25, -0.2) is 4.98 Å². The summed E-state index contributed by atoms with van der Waals surface area (Å²) < 4.78 is 4.47. The van der Waals surface area contributed by atoms with E-state index < -0.39 is 0 Å². The van der Waals surface area contributed by atoms with Crippen LogP contribution in [0.25, 0.3) is 0 Å². The number of nitrogens with zero attached hydrogens (tertiary/aromatic N) is 1. The van der Waals surface area contributed by atoms with Crippen LogP contribution in [0, 0.1) is 0 Å². The third-order valence-corrected chi connectivity index (χ3v) is 1.15.